The summed E-state index contributed by atoms with van der Waals surface area (Å²) >= 11 is 4.75. The molecular formula is C24H21BrN6O2S. The van der Waals surface area contributed by atoms with Crippen LogP contribution in [-0.2, 0) is 4.79 Å². The predicted molar refractivity (Wildman–Crippen MR) is 136 cm³/mol. The van der Waals surface area contributed by atoms with E-state index in [1.165, 1.54) is 11.8 Å². The SMILES string of the molecule is CCOc1ccc(/C=N\NC(=O)CSc2nnc(-c3ccncc3)n2-c2ccc(Br)cc2)cc1. The van der Waals surface area contributed by atoms with Gasteiger partial charge in [-0.1, -0.05) is 27.7 Å². The fraction of sp³-hybridized carbons (Fsp3) is 0.125. The molecule has 0 unspecified atom stereocenters. The lowest BCUT2D eigenvalue weighted by Gasteiger charge is -2.10. The number of thioether (sulfide) groups is 1. The van der Waals surface area contributed by atoms with Gasteiger partial charge in [-0.05, 0) is 73.2 Å². The van der Waals surface area contributed by atoms with Gasteiger partial charge >= 0.3 is 0 Å². The minimum absolute atomic E-state index is 0.131. The first kappa shape index (κ1) is 23.7. The van der Waals surface area contributed by atoms with E-state index in [1.807, 2.05) is 72.2 Å². The van der Waals surface area contributed by atoms with E-state index in [9.17, 15) is 4.79 Å². The second-order valence-corrected chi connectivity index (χ2v) is 8.80. The average Bonchev–Trinajstić information content (AvgIpc) is 3.29. The number of hydrazone groups is 1. The van der Waals surface area contributed by atoms with Crippen LogP contribution < -0.4 is 10.2 Å². The van der Waals surface area contributed by atoms with Crippen molar-refractivity contribution in [3.63, 3.8) is 0 Å². The molecule has 0 saturated heterocycles. The molecular weight excluding hydrogens is 516 g/mol. The number of nitrogens with zero attached hydrogens (tertiary/aromatic N) is 5. The van der Waals surface area contributed by atoms with E-state index in [2.05, 4.69) is 41.6 Å². The van der Waals surface area contributed by atoms with Gasteiger partial charge in [0, 0.05) is 28.1 Å². The number of carbonyl (C=O) groups is 1. The van der Waals surface area contributed by atoms with E-state index in [4.69, 9.17) is 4.74 Å². The van der Waals surface area contributed by atoms with Crippen LogP contribution >= 0.6 is 27.7 Å². The summed E-state index contributed by atoms with van der Waals surface area (Å²) in [5.74, 6) is 1.34. The van der Waals surface area contributed by atoms with Gasteiger partial charge in [0.05, 0.1) is 18.6 Å². The Hall–Kier alpha value is -3.50. The molecule has 2 aromatic heterocycles. The zero-order valence-electron chi connectivity index (χ0n) is 18.3. The first-order chi connectivity index (χ1) is 16.6. The molecule has 0 aliphatic carbocycles. The quantitative estimate of drug-likeness (QED) is 0.189. The van der Waals surface area contributed by atoms with Crippen molar-refractivity contribution in [2.24, 2.45) is 5.10 Å². The fourth-order valence-corrected chi connectivity index (χ4v) is 4.04. The van der Waals surface area contributed by atoms with Crippen molar-refractivity contribution in [3.05, 3.63) is 83.1 Å². The maximum absolute atomic E-state index is 12.4. The van der Waals surface area contributed by atoms with Gasteiger partial charge in [0.25, 0.3) is 5.91 Å². The van der Waals surface area contributed by atoms with Crippen molar-refractivity contribution in [1.82, 2.24) is 25.2 Å². The highest BCUT2D eigenvalue weighted by atomic mass is 79.9. The molecule has 1 N–H and O–H groups in total. The Bertz CT molecular complexity index is 1260. The Kier molecular flexibility index (Phi) is 8.05. The topological polar surface area (TPSA) is 94.3 Å². The van der Waals surface area contributed by atoms with Crippen LogP contribution in [0.3, 0.4) is 0 Å². The third-order valence-electron chi connectivity index (χ3n) is 4.58. The Morgan fingerprint density at radius 2 is 1.82 bits per heavy atom. The molecule has 0 radical (unpaired) electrons. The summed E-state index contributed by atoms with van der Waals surface area (Å²) in [5, 5.41) is 13.3. The highest BCUT2D eigenvalue weighted by Gasteiger charge is 2.17. The molecule has 0 saturated carbocycles. The molecule has 8 nitrogen and oxygen atoms in total. The lowest BCUT2D eigenvalue weighted by Crippen LogP contribution is -2.20. The molecule has 0 atom stereocenters. The number of nitrogens with one attached hydrogen (secondary N) is 1. The second-order valence-electron chi connectivity index (χ2n) is 6.94. The number of hydrogen-bond acceptors (Lipinski definition) is 7. The maximum atomic E-state index is 12.4. The summed E-state index contributed by atoms with van der Waals surface area (Å²) in [5.41, 5.74) is 5.17. The van der Waals surface area contributed by atoms with E-state index >= 15 is 0 Å². The summed E-state index contributed by atoms with van der Waals surface area (Å²) in [4.78, 5) is 16.5. The van der Waals surface area contributed by atoms with Crippen LogP contribution in [0.25, 0.3) is 17.1 Å². The zero-order valence-corrected chi connectivity index (χ0v) is 20.7. The third-order valence-corrected chi connectivity index (χ3v) is 6.04. The molecule has 10 heteroatoms. The monoisotopic (exact) mass is 536 g/mol. The molecule has 4 aromatic rings. The number of pyridine rings is 1. The molecule has 0 aliphatic rings. The Labute approximate surface area is 209 Å². The summed E-state index contributed by atoms with van der Waals surface area (Å²) in [6.07, 6.45) is 5.00. The van der Waals surface area contributed by atoms with Crippen LogP contribution in [0.15, 0.2) is 87.8 Å². The number of halogens is 1. The summed E-state index contributed by atoms with van der Waals surface area (Å²) in [7, 11) is 0. The molecule has 2 aromatic carbocycles. The van der Waals surface area contributed by atoms with Crippen LogP contribution in [0.2, 0.25) is 0 Å². The van der Waals surface area contributed by atoms with Crippen molar-refractivity contribution in [2.45, 2.75) is 12.1 Å². The molecule has 2 heterocycles. The lowest BCUT2D eigenvalue weighted by molar-refractivity contribution is -0.118. The van der Waals surface area contributed by atoms with Crippen molar-refractivity contribution in [3.8, 4) is 22.8 Å². The summed E-state index contributed by atoms with van der Waals surface area (Å²) < 4.78 is 8.31. The third kappa shape index (κ3) is 6.09. The Morgan fingerprint density at radius 3 is 2.53 bits per heavy atom. The van der Waals surface area contributed by atoms with Crippen molar-refractivity contribution in [2.75, 3.05) is 12.4 Å². The summed E-state index contributed by atoms with van der Waals surface area (Å²) in [6, 6.07) is 19.0. The van der Waals surface area contributed by atoms with Gasteiger partial charge in [-0.15, -0.1) is 10.2 Å². The number of benzene rings is 2. The number of hydrogen-bond donors (Lipinski definition) is 1. The lowest BCUT2D eigenvalue weighted by atomic mass is 10.2. The van der Waals surface area contributed by atoms with Gasteiger partial charge in [0.1, 0.15) is 5.75 Å². The zero-order chi connectivity index (χ0) is 23.8. The number of rotatable bonds is 9. The molecule has 172 valence electrons. The molecule has 0 aliphatic heterocycles. The van der Waals surface area contributed by atoms with E-state index in [-0.39, 0.29) is 11.7 Å². The van der Waals surface area contributed by atoms with Gasteiger partial charge in [0.2, 0.25) is 0 Å². The minimum Gasteiger partial charge on any atom is -0.494 e. The maximum Gasteiger partial charge on any atom is 0.250 e. The van der Waals surface area contributed by atoms with E-state index in [1.54, 1.807) is 18.6 Å². The highest BCUT2D eigenvalue weighted by Crippen LogP contribution is 2.28. The Morgan fingerprint density at radius 1 is 1.09 bits per heavy atom. The predicted octanol–water partition coefficient (Wildman–Crippen LogP) is 4.73. The molecule has 34 heavy (non-hydrogen) atoms. The van der Waals surface area contributed by atoms with Crippen molar-refractivity contribution >= 4 is 39.8 Å². The second kappa shape index (κ2) is 11.6. The van der Waals surface area contributed by atoms with E-state index in [0.29, 0.717) is 17.6 Å². The van der Waals surface area contributed by atoms with Crippen LogP contribution in [0, 0.1) is 0 Å². The molecule has 0 fully saturated rings. The summed E-state index contributed by atoms with van der Waals surface area (Å²) in [6.45, 7) is 2.55. The van der Waals surface area contributed by atoms with Crippen LogP contribution in [0.4, 0.5) is 0 Å². The number of ether oxygens (including phenoxy) is 1. The fourth-order valence-electron chi connectivity index (χ4n) is 3.03. The highest BCUT2D eigenvalue weighted by molar-refractivity contribution is 9.10. The smallest absolute Gasteiger partial charge is 0.250 e. The number of carbonyl (C=O) groups excluding carboxylic acids is 1. The first-order valence-corrected chi connectivity index (χ1v) is 12.2. The number of amides is 1. The van der Waals surface area contributed by atoms with E-state index < -0.39 is 0 Å². The first-order valence-electron chi connectivity index (χ1n) is 10.4. The Balaban J connectivity index is 1.44. The molecule has 0 spiro atoms. The largest absolute Gasteiger partial charge is 0.494 e. The standard InChI is InChI=1S/C24H21BrN6O2S/c1-2-33-21-9-3-17(4-10-21)15-27-28-22(32)16-34-24-30-29-23(18-11-13-26-14-12-18)31(24)20-7-5-19(25)6-8-20/h3-15H,2,16H2,1H3,(H,28,32)/b27-15-. The van der Waals surface area contributed by atoms with Gasteiger partial charge in [-0.3, -0.25) is 14.3 Å². The van der Waals surface area contributed by atoms with Crippen LogP contribution in [-0.4, -0.2) is 44.2 Å². The molecule has 4 rings (SSSR count). The van der Waals surface area contributed by atoms with Gasteiger partial charge in [-0.25, -0.2) is 5.43 Å². The van der Waals surface area contributed by atoms with Crippen molar-refractivity contribution in [1.29, 1.82) is 0 Å². The van der Waals surface area contributed by atoms with Gasteiger partial charge < -0.3 is 4.74 Å². The molecule has 0 bridgehead atoms. The van der Waals surface area contributed by atoms with Crippen molar-refractivity contribution < 1.29 is 9.53 Å². The van der Waals surface area contributed by atoms with Crippen LogP contribution in [0.5, 0.6) is 5.75 Å². The normalized spacial score (nSPS) is 11.0. The van der Waals surface area contributed by atoms with Crippen LogP contribution in [0.1, 0.15) is 12.5 Å². The molecule has 1 amide bonds. The minimum atomic E-state index is -0.247. The average molecular weight is 537 g/mol. The van der Waals surface area contributed by atoms with Gasteiger partial charge in [0.15, 0.2) is 11.0 Å². The van der Waals surface area contributed by atoms with Gasteiger partial charge in [-0.2, -0.15) is 5.10 Å². The van der Waals surface area contributed by atoms with E-state index in [0.717, 1.165) is 27.0 Å². The number of aromatic nitrogens is 4.